The van der Waals surface area contributed by atoms with Gasteiger partial charge in [0.15, 0.2) is 23.0 Å². The van der Waals surface area contributed by atoms with Gasteiger partial charge in [-0.3, -0.25) is 34.0 Å². The Morgan fingerprint density at radius 2 is 1.08 bits per heavy atom. The lowest BCUT2D eigenvalue weighted by molar-refractivity contribution is -0.166. The van der Waals surface area contributed by atoms with E-state index in [1.165, 1.54) is 36.4 Å². The van der Waals surface area contributed by atoms with Crippen molar-refractivity contribution in [2.24, 2.45) is 5.92 Å². The van der Waals surface area contributed by atoms with Crippen molar-refractivity contribution in [3.05, 3.63) is 47.5 Å². The highest BCUT2D eigenvalue weighted by Crippen LogP contribution is 2.28. The lowest BCUT2D eigenvalue weighted by Crippen LogP contribution is -2.36. The topological polar surface area (TPSA) is 246 Å². The number of ketones is 1. The molecule has 0 fully saturated rings. The number of aromatic hydroxyl groups is 4. The van der Waals surface area contributed by atoms with Crippen LogP contribution < -0.4 is 16.0 Å². The number of hydrogen-bond acceptors (Lipinski definition) is 11. The van der Waals surface area contributed by atoms with Gasteiger partial charge in [0, 0.05) is 70.9 Å². The molecule has 8 N–H and O–H groups in total. The van der Waals surface area contributed by atoms with Crippen molar-refractivity contribution in [3.8, 4) is 23.0 Å². The molecule has 16 nitrogen and oxygen atoms in total. The van der Waals surface area contributed by atoms with Crippen molar-refractivity contribution in [1.29, 1.82) is 0 Å². The maximum Gasteiger partial charge on any atom is 0.255 e. The maximum absolute atomic E-state index is 13.2. The number of unbranched alkanes of at least 4 members (excludes halogenated alkanes) is 3. The van der Waals surface area contributed by atoms with E-state index in [4.69, 9.17) is 0 Å². The molecule has 292 valence electrons. The minimum atomic E-state index is -0.599. The molecule has 0 atom stereocenters. The molecule has 0 radical (unpaired) electrons. The largest absolute Gasteiger partial charge is 0.504 e. The monoisotopic (exact) mass is 743 g/mol. The molecule has 0 spiro atoms. The minimum absolute atomic E-state index is 0.0413. The second kappa shape index (κ2) is 23.2. The first-order valence-electron chi connectivity index (χ1n) is 17.9. The third-order valence-electron chi connectivity index (χ3n) is 8.35. The number of phenolic OH excluding ortho intramolecular Hbond substituents is 4. The van der Waals surface area contributed by atoms with Crippen molar-refractivity contribution < 1.29 is 54.4 Å². The number of carbonyl (C=O) groups excluding carboxylic acids is 6. The Kier molecular flexibility index (Phi) is 19.2. The molecule has 0 bridgehead atoms. The SMILES string of the molecule is CC(C)C(=O)CCC(=O)N(O)CCCCCNC(=O)CCC(=O)N(CCCCNC(=O)c1cccc(O)c1O)CCCNC(=O)c1cccc(O)c1O. The van der Waals surface area contributed by atoms with Gasteiger partial charge in [-0.25, -0.2) is 5.06 Å². The summed E-state index contributed by atoms with van der Waals surface area (Å²) in [6.45, 7) is 4.89. The Hall–Kier alpha value is -5.38. The van der Waals surface area contributed by atoms with E-state index in [9.17, 15) is 54.4 Å². The molecule has 53 heavy (non-hydrogen) atoms. The lowest BCUT2D eigenvalue weighted by atomic mass is 10.0. The number of benzene rings is 2. The van der Waals surface area contributed by atoms with E-state index in [1.54, 1.807) is 18.7 Å². The van der Waals surface area contributed by atoms with Crippen LogP contribution in [0.4, 0.5) is 0 Å². The standard InChI is InChI=1S/C37H53N5O11/c1-25(2)28(43)15-17-33(48)42(53)24-6-3-4-19-38-31(46)16-18-32(47)41(23-10-21-40-37(52)27-12-9-14-30(45)35(27)50)22-7-5-20-39-36(51)26-11-8-13-29(44)34(26)49/h8-9,11-14,25,44-45,49-50,53H,3-7,10,15-24H2,1-2H3,(H,38,46)(H,39,51)(H,40,52). The van der Waals surface area contributed by atoms with Gasteiger partial charge < -0.3 is 41.3 Å². The summed E-state index contributed by atoms with van der Waals surface area (Å²) in [4.78, 5) is 75.7. The van der Waals surface area contributed by atoms with Crippen LogP contribution in [0.2, 0.25) is 0 Å². The molecular weight excluding hydrogens is 690 g/mol. The lowest BCUT2D eigenvalue weighted by Gasteiger charge is -2.23. The number of hydroxylamine groups is 2. The summed E-state index contributed by atoms with van der Waals surface area (Å²) in [6.07, 6.45) is 2.94. The zero-order chi connectivity index (χ0) is 39.3. The Bertz CT molecular complexity index is 1550. The number of nitrogens with zero attached hydrogens (tertiary/aromatic N) is 2. The fourth-order valence-corrected chi connectivity index (χ4v) is 5.11. The molecule has 0 aliphatic heterocycles. The molecule has 0 saturated heterocycles. The predicted molar refractivity (Wildman–Crippen MR) is 193 cm³/mol. The van der Waals surface area contributed by atoms with E-state index in [1.807, 2.05) is 0 Å². The van der Waals surface area contributed by atoms with Crippen LogP contribution in [0.3, 0.4) is 0 Å². The summed E-state index contributed by atoms with van der Waals surface area (Å²) in [7, 11) is 0. The Morgan fingerprint density at radius 1 is 0.585 bits per heavy atom. The minimum Gasteiger partial charge on any atom is -0.504 e. The quantitative estimate of drug-likeness (QED) is 0.0336. The van der Waals surface area contributed by atoms with Crippen molar-refractivity contribution >= 4 is 35.3 Å². The van der Waals surface area contributed by atoms with Crippen LogP contribution in [-0.4, -0.2) is 110 Å². The van der Waals surface area contributed by atoms with E-state index in [0.717, 1.165) is 0 Å². The van der Waals surface area contributed by atoms with Crippen LogP contribution in [0.1, 0.15) is 98.8 Å². The molecule has 2 aromatic carbocycles. The van der Waals surface area contributed by atoms with Crippen molar-refractivity contribution in [2.45, 2.75) is 78.1 Å². The number of para-hydroxylation sites is 2. The molecule has 0 aliphatic rings. The average molecular weight is 744 g/mol. The van der Waals surface area contributed by atoms with Gasteiger partial charge in [-0.2, -0.15) is 0 Å². The number of phenols is 4. The Morgan fingerprint density at radius 3 is 1.66 bits per heavy atom. The molecule has 5 amide bonds. The molecule has 2 rings (SSSR count). The molecule has 0 aromatic heterocycles. The number of amides is 5. The van der Waals surface area contributed by atoms with E-state index in [-0.39, 0.29) is 86.5 Å². The first-order chi connectivity index (χ1) is 25.2. The number of rotatable bonds is 24. The van der Waals surface area contributed by atoms with Crippen LogP contribution in [0.25, 0.3) is 0 Å². The highest BCUT2D eigenvalue weighted by Gasteiger charge is 2.18. The maximum atomic E-state index is 13.2. The van der Waals surface area contributed by atoms with E-state index in [0.29, 0.717) is 56.7 Å². The van der Waals surface area contributed by atoms with E-state index >= 15 is 0 Å². The fourth-order valence-electron chi connectivity index (χ4n) is 5.11. The highest BCUT2D eigenvalue weighted by molar-refractivity contribution is 5.98. The molecule has 0 aliphatic carbocycles. The van der Waals surface area contributed by atoms with Gasteiger partial charge in [-0.15, -0.1) is 0 Å². The Balaban J connectivity index is 1.78. The Labute approximate surface area is 309 Å². The van der Waals surface area contributed by atoms with Gasteiger partial charge in [0.25, 0.3) is 11.8 Å². The summed E-state index contributed by atoms with van der Waals surface area (Å²) in [5, 5.41) is 57.7. The molecule has 0 heterocycles. The second-order valence-corrected chi connectivity index (χ2v) is 12.8. The van der Waals surface area contributed by atoms with Gasteiger partial charge in [0.05, 0.1) is 11.1 Å². The number of nitrogens with one attached hydrogen (secondary N) is 3. The third-order valence-corrected chi connectivity index (χ3v) is 8.35. The summed E-state index contributed by atoms with van der Waals surface area (Å²) in [5.74, 6) is -4.39. The van der Waals surface area contributed by atoms with Crippen molar-refractivity contribution in [2.75, 3.05) is 39.3 Å². The number of hydrogen-bond donors (Lipinski definition) is 8. The smallest absolute Gasteiger partial charge is 0.255 e. The first-order valence-corrected chi connectivity index (χ1v) is 17.9. The average Bonchev–Trinajstić information content (AvgIpc) is 3.13. The third kappa shape index (κ3) is 15.8. The van der Waals surface area contributed by atoms with Crippen molar-refractivity contribution in [1.82, 2.24) is 25.9 Å². The summed E-state index contributed by atoms with van der Waals surface area (Å²) in [5.41, 5.74) is -0.168. The molecule has 0 saturated carbocycles. The van der Waals surface area contributed by atoms with Crippen LogP contribution >= 0.6 is 0 Å². The molecular formula is C37H53N5O11. The molecule has 2 aromatic rings. The summed E-state index contributed by atoms with van der Waals surface area (Å²) >= 11 is 0. The van der Waals surface area contributed by atoms with Gasteiger partial charge >= 0.3 is 0 Å². The summed E-state index contributed by atoms with van der Waals surface area (Å²) < 4.78 is 0. The van der Waals surface area contributed by atoms with Crippen LogP contribution in [0.15, 0.2) is 36.4 Å². The zero-order valence-electron chi connectivity index (χ0n) is 30.4. The van der Waals surface area contributed by atoms with Gasteiger partial charge in [-0.1, -0.05) is 26.0 Å². The zero-order valence-corrected chi connectivity index (χ0v) is 30.4. The number of carbonyl (C=O) groups is 6. The van der Waals surface area contributed by atoms with Crippen LogP contribution in [0, 0.1) is 5.92 Å². The summed E-state index contributed by atoms with van der Waals surface area (Å²) in [6, 6.07) is 8.09. The first kappa shape index (κ1) is 43.8. The molecule has 0 unspecified atom stereocenters. The van der Waals surface area contributed by atoms with Crippen LogP contribution in [0.5, 0.6) is 23.0 Å². The van der Waals surface area contributed by atoms with E-state index in [2.05, 4.69) is 16.0 Å². The fraction of sp³-hybridized carbons (Fsp3) is 0.514. The normalized spacial score (nSPS) is 10.8. The molecule has 16 heteroatoms. The van der Waals surface area contributed by atoms with E-state index < -0.39 is 40.7 Å². The van der Waals surface area contributed by atoms with Gasteiger partial charge in [-0.05, 0) is 62.8 Å². The second-order valence-electron chi connectivity index (χ2n) is 12.8. The highest BCUT2D eigenvalue weighted by atomic mass is 16.5. The number of Topliss-reactive ketones (excluding diaryl/α,β-unsaturated/α-hetero) is 1. The van der Waals surface area contributed by atoms with Crippen LogP contribution in [-0.2, 0) is 19.2 Å². The van der Waals surface area contributed by atoms with Gasteiger partial charge in [0.1, 0.15) is 5.78 Å². The van der Waals surface area contributed by atoms with Gasteiger partial charge in [0.2, 0.25) is 17.7 Å². The van der Waals surface area contributed by atoms with Crippen molar-refractivity contribution in [3.63, 3.8) is 0 Å². The predicted octanol–water partition coefficient (Wildman–Crippen LogP) is 2.96.